The van der Waals surface area contributed by atoms with Crippen LogP contribution in [0.5, 0.6) is 5.75 Å². The number of aromatic nitrogens is 2. The molecule has 27 heavy (non-hydrogen) atoms. The van der Waals surface area contributed by atoms with Gasteiger partial charge in [-0.2, -0.15) is 0 Å². The van der Waals surface area contributed by atoms with E-state index in [4.69, 9.17) is 4.74 Å². The molecule has 0 aliphatic rings. The van der Waals surface area contributed by atoms with E-state index in [0.717, 1.165) is 15.9 Å². The Hall–Kier alpha value is -3.35. The van der Waals surface area contributed by atoms with Gasteiger partial charge in [-0.15, -0.1) is 0 Å². The van der Waals surface area contributed by atoms with Crippen molar-refractivity contribution in [1.29, 1.82) is 0 Å². The Kier molecular flexibility index (Phi) is 5.71. The highest BCUT2D eigenvalue weighted by molar-refractivity contribution is 5.77. The van der Waals surface area contributed by atoms with Gasteiger partial charge >= 0.3 is 5.69 Å². The van der Waals surface area contributed by atoms with Gasteiger partial charge in [0, 0.05) is 19.5 Å². The molecule has 0 radical (unpaired) electrons. The highest BCUT2D eigenvalue weighted by atomic mass is 16.5. The molecule has 1 amide bonds. The number of methoxy groups -OCH3 is 1. The third-order valence-electron chi connectivity index (χ3n) is 4.32. The van der Waals surface area contributed by atoms with E-state index in [2.05, 4.69) is 10.3 Å². The van der Waals surface area contributed by atoms with Gasteiger partial charge in [0.05, 0.1) is 18.0 Å². The molecule has 1 heterocycles. The Bertz CT molecular complexity index is 1050. The summed E-state index contributed by atoms with van der Waals surface area (Å²) in [6.45, 7) is 0.605. The van der Waals surface area contributed by atoms with Crippen LogP contribution >= 0.6 is 0 Å². The van der Waals surface area contributed by atoms with E-state index in [0.29, 0.717) is 23.9 Å². The van der Waals surface area contributed by atoms with E-state index in [1.807, 2.05) is 24.3 Å². The number of nitrogens with zero attached hydrogens (tertiary/aromatic N) is 1. The van der Waals surface area contributed by atoms with Crippen LogP contribution in [-0.4, -0.2) is 22.6 Å². The number of amides is 1. The molecule has 3 aromatic rings. The molecule has 0 spiro atoms. The van der Waals surface area contributed by atoms with Crippen LogP contribution in [0.15, 0.2) is 58.1 Å². The minimum absolute atomic E-state index is 0.129. The third-order valence-corrected chi connectivity index (χ3v) is 4.32. The maximum absolute atomic E-state index is 12.4. The van der Waals surface area contributed by atoms with Crippen LogP contribution < -0.4 is 21.3 Å². The predicted molar refractivity (Wildman–Crippen MR) is 103 cm³/mol. The number of benzene rings is 2. The summed E-state index contributed by atoms with van der Waals surface area (Å²) in [4.78, 5) is 39.2. The van der Waals surface area contributed by atoms with E-state index < -0.39 is 5.69 Å². The smallest absolute Gasteiger partial charge is 0.328 e. The molecule has 2 aromatic carbocycles. The van der Waals surface area contributed by atoms with Gasteiger partial charge in [0.25, 0.3) is 5.56 Å². The zero-order chi connectivity index (χ0) is 19.2. The van der Waals surface area contributed by atoms with Crippen LogP contribution in [0.25, 0.3) is 10.9 Å². The number of rotatable bonds is 7. The zero-order valence-corrected chi connectivity index (χ0v) is 15.0. The Morgan fingerprint density at radius 2 is 1.85 bits per heavy atom. The normalized spacial score (nSPS) is 10.7. The maximum Gasteiger partial charge on any atom is 0.328 e. The fourth-order valence-electron chi connectivity index (χ4n) is 2.83. The average molecular weight is 367 g/mol. The van der Waals surface area contributed by atoms with E-state index >= 15 is 0 Å². The summed E-state index contributed by atoms with van der Waals surface area (Å²) in [6.07, 6.45) is 0.630. The minimum atomic E-state index is -0.461. The second-order valence-corrected chi connectivity index (χ2v) is 6.16. The molecular formula is C20H21N3O4. The summed E-state index contributed by atoms with van der Waals surface area (Å²) in [7, 11) is 1.60. The van der Waals surface area contributed by atoms with Crippen molar-refractivity contribution in [1.82, 2.24) is 14.9 Å². The maximum atomic E-state index is 12.4. The first-order valence-electron chi connectivity index (χ1n) is 8.70. The van der Waals surface area contributed by atoms with Gasteiger partial charge < -0.3 is 15.0 Å². The highest BCUT2D eigenvalue weighted by Gasteiger charge is 2.08. The molecule has 3 rings (SSSR count). The van der Waals surface area contributed by atoms with E-state index in [9.17, 15) is 14.4 Å². The fourth-order valence-corrected chi connectivity index (χ4v) is 2.83. The van der Waals surface area contributed by atoms with Gasteiger partial charge in [-0.1, -0.05) is 24.3 Å². The quantitative estimate of drug-likeness (QED) is 0.666. The molecule has 140 valence electrons. The number of carbonyl (C=O) groups is 1. The van der Waals surface area contributed by atoms with E-state index in [1.54, 1.807) is 31.4 Å². The molecule has 2 N–H and O–H groups in total. The summed E-state index contributed by atoms with van der Waals surface area (Å²) in [5, 5.41) is 3.29. The topological polar surface area (TPSA) is 93.2 Å². The lowest BCUT2D eigenvalue weighted by atomic mass is 10.2. The lowest BCUT2D eigenvalue weighted by Gasteiger charge is -2.08. The Balaban J connectivity index is 1.55. The lowest BCUT2D eigenvalue weighted by Crippen LogP contribution is -2.35. The van der Waals surface area contributed by atoms with E-state index in [1.165, 1.54) is 0 Å². The third kappa shape index (κ3) is 4.44. The Labute approximate surface area is 155 Å². The van der Waals surface area contributed by atoms with Gasteiger partial charge in [0.2, 0.25) is 5.91 Å². The standard InChI is InChI=1S/C20H21N3O4/c1-27-15-10-8-14(9-11-15)13-21-18(24)7-4-12-23-19(25)16-5-2-3-6-17(16)22-20(23)26/h2-3,5-6,8-11H,4,7,12-13H2,1H3,(H,21,24)(H,22,26). The number of aromatic amines is 1. The van der Waals surface area contributed by atoms with Crippen molar-refractivity contribution < 1.29 is 9.53 Å². The summed E-state index contributed by atoms with van der Waals surface area (Å²) in [6, 6.07) is 14.3. The van der Waals surface area contributed by atoms with Crippen molar-refractivity contribution in [3.8, 4) is 5.75 Å². The van der Waals surface area contributed by atoms with Crippen molar-refractivity contribution in [2.45, 2.75) is 25.9 Å². The molecule has 0 atom stereocenters. The molecule has 0 aliphatic heterocycles. The summed E-state index contributed by atoms with van der Waals surface area (Å²) < 4.78 is 6.23. The molecule has 0 fully saturated rings. The number of carbonyl (C=O) groups excluding carboxylic acids is 1. The predicted octanol–water partition coefficient (Wildman–Crippen LogP) is 1.79. The number of fused-ring (bicyclic) bond motifs is 1. The zero-order valence-electron chi connectivity index (χ0n) is 15.0. The monoisotopic (exact) mass is 367 g/mol. The molecule has 7 nitrogen and oxygen atoms in total. The number of para-hydroxylation sites is 1. The highest BCUT2D eigenvalue weighted by Crippen LogP contribution is 2.11. The van der Waals surface area contributed by atoms with Gasteiger partial charge in [-0.05, 0) is 36.2 Å². The Morgan fingerprint density at radius 1 is 1.11 bits per heavy atom. The van der Waals surface area contributed by atoms with Gasteiger partial charge in [-0.25, -0.2) is 4.79 Å². The first-order chi connectivity index (χ1) is 13.1. The van der Waals surface area contributed by atoms with Crippen LogP contribution in [0.1, 0.15) is 18.4 Å². The van der Waals surface area contributed by atoms with Crippen molar-refractivity contribution in [2.75, 3.05) is 7.11 Å². The molecule has 0 saturated heterocycles. The fraction of sp³-hybridized carbons (Fsp3) is 0.250. The average Bonchev–Trinajstić information content (AvgIpc) is 2.69. The molecule has 1 aromatic heterocycles. The van der Waals surface area contributed by atoms with Crippen LogP contribution in [0.2, 0.25) is 0 Å². The van der Waals surface area contributed by atoms with Crippen molar-refractivity contribution in [3.63, 3.8) is 0 Å². The first-order valence-corrected chi connectivity index (χ1v) is 8.70. The van der Waals surface area contributed by atoms with Gasteiger partial charge in [0.1, 0.15) is 5.75 Å². The molecule has 0 unspecified atom stereocenters. The molecular weight excluding hydrogens is 346 g/mol. The minimum Gasteiger partial charge on any atom is -0.497 e. The van der Waals surface area contributed by atoms with Crippen LogP contribution in [0, 0.1) is 0 Å². The van der Waals surface area contributed by atoms with Crippen LogP contribution in [0.3, 0.4) is 0 Å². The largest absolute Gasteiger partial charge is 0.497 e. The van der Waals surface area contributed by atoms with Gasteiger partial charge in [-0.3, -0.25) is 14.2 Å². The SMILES string of the molecule is COc1ccc(CNC(=O)CCCn2c(=O)[nH]c3ccccc3c2=O)cc1. The second-order valence-electron chi connectivity index (χ2n) is 6.16. The number of H-pyrrole nitrogens is 1. The molecule has 0 aliphatic carbocycles. The number of ether oxygens (including phenoxy) is 1. The molecule has 0 saturated carbocycles. The molecule has 7 heteroatoms. The van der Waals surface area contributed by atoms with Crippen molar-refractivity contribution in [3.05, 3.63) is 74.9 Å². The summed E-state index contributed by atoms with van der Waals surface area (Å²) in [5.41, 5.74) is 0.678. The van der Waals surface area contributed by atoms with Crippen molar-refractivity contribution >= 4 is 16.8 Å². The summed E-state index contributed by atoms with van der Waals surface area (Å²) >= 11 is 0. The first kappa shape index (κ1) is 18.4. The summed E-state index contributed by atoms with van der Waals surface area (Å²) in [5.74, 6) is 0.632. The van der Waals surface area contributed by atoms with Crippen molar-refractivity contribution in [2.24, 2.45) is 0 Å². The molecule has 0 bridgehead atoms. The number of hydrogen-bond donors (Lipinski definition) is 2. The van der Waals surface area contributed by atoms with Crippen LogP contribution in [0.4, 0.5) is 0 Å². The second kappa shape index (κ2) is 8.35. The number of hydrogen-bond acceptors (Lipinski definition) is 4. The van der Waals surface area contributed by atoms with Crippen LogP contribution in [-0.2, 0) is 17.9 Å². The Morgan fingerprint density at radius 3 is 2.59 bits per heavy atom. The number of nitrogens with one attached hydrogen (secondary N) is 2. The lowest BCUT2D eigenvalue weighted by molar-refractivity contribution is -0.121. The van der Waals surface area contributed by atoms with Gasteiger partial charge in [0.15, 0.2) is 0 Å². The van der Waals surface area contributed by atoms with E-state index in [-0.39, 0.29) is 24.4 Å².